The van der Waals surface area contributed by atoms with E-state index in [1.807, 2.05) is 48.1 Å². The number of aliphatic hydroxyl groups excluding tert-OH is 1. The van der Waals surface area contributed by atoms with E-state index in [1.165, 1.54) is 0 Å². The number of hydrogen-bond acceptors (Lipinski definition) is 4. The third-order valence-corrected chi connectivity index (χ3v) is 3.71. The Morgan fingerprint density at radius 3 is 2.70 bits per heavy atom. The molecule has 1 atom stereocenters. The lowest BCUT2D eigenvalue weighted by atomic mass is 10.0. The number of nitrogens with zero attached hydrogens (tertiary/aromatic N) is 2. The van der Waals surface area contributed by atoms with Crippen LogP contribution < -0.4 is 5.32 Å². The van der Waals surface area contributed by atoms with Crippen molar-refractivity contribution in [3.05, 3.63) is 54.4 Å². The molecule has 0 radical (unpaired) electrons. The summed E-state index contributed by atoms with van der Waals surface area (Å²) in [6.07, 6.45) is 2.56. The Kier molecular flexibility index (Phi) is 3.99. The molecule has 2 aromatic heterocycles. The van der Waals surface area contributed by atoms with Gasteiger partial charge in [-0.1, -0.05) is 24.3 Å². The van der Waals surface area contributed by atoms with E-state index >= 15 is 0 Å². The number of carboxylic acid groups (broad SMARTS) is 1. The summed E-state index contributed by atoms with van der Waals surface area (Å²) in [5.41, 5.74) is 4.13. The third kappa shape index (κ3) is 3.17. The maximum Gasteiger partial charge on any atom is 0.306 e. The quantitative estimate of drug-likeness (QED) is 0.674. The number of benzene rings is 1. The highest BCUT2D eigenvalue weighted by Crippen LogP contribution is 2.24. The molecule has 23 heavy (non-hydrogen) atoms. The predicted octanol–water partition coefficient (Wildman–Crippen LogP) is 2.55. The van der Waals surface area contributed by atoms with Gasteiger partial charge >= 0.3 is 5.97 Å². The standard InChI is InChI=1S/C17H17N3O3/c1-18-13-6-7-20-10-14(19-16(20)8-13)11-2-4-12(5-3-11)15(21)9-17(22)23/h2-8,10,15,18,21H,9H2,1H3,(H,22,23). The largest absolute Gasteiger partial charge is 0.481 e. The smallest absolute Gasteiger partial charge is 0.306 e. The van der Waals surface area contributed by atoms with Gasteiger partial charge in [0.2, 0.25) is 0 Å². The van der Waals surface area contributed by atoms with Crippen LogP contribution in [0.25, 0.3) is 16.9 Å². The fourth-order valence-electron chi connectivity index (χ4n) is 2.44. The van der Waals surface area contributed by atoms with E-state index in [9.17, 15) is 9.90 Å². The maximum absolute atomic E-state index is 10.6. The van der Waals surface area contributed by atoms with Crippen molar-refractivity contribution >= 4 is 17.3 Å². The number of aliphatic hydroxyl groups is 1. The Bertz CT molecular complexity index is 840. The van der Waals surface area contributed by atoms with Crippen molar-refractivity contribution in [1.82, 2.24) is 9.38 Å². The van der Waals surface area contributed by atoms with Gasteiger partial charge in [0.05, 0.1) is 18.2 Å². The average Bonchev–Trinajstić information content (AvgIpc) is 2.97. The number of hydrogen-bond donors (Lipinski definition) is 3. The summed E-state index contributed by atoms with van der Waals surface area (Å²) in [6.45, 7) is 0. The summed E-state index contributed by atoms with van der Waals surface area (Å²) in [7, 11) is 1.86. The molecule has 0 amide bonds. The molecule has 0 aliphatic carbocycles. The molecule has 2 heterocycles. The molecule has 118 valence electrons. The van der Waals surface area contributed by atoms with Crippen molar-refractivity contribution in [2.45, 2.75) is 12.5 Å². The van der Waals surface area contributed by atoms with Crippen LogP contribution in [-0.4, -0.2) is 32.6 Å². The minimum Gasteiger partial charge on any atom is -0.481 e. The van der Waals surface area contributed by atoms with Crippen LogP contribution in [0.4, 0.5) is 5.69 Å². The second-order valence-electron chi connectivity index (χ2n) is 5.29. The number of carbonyl (C=O) groups is 1. The van der Waals surface area contributed by atoms with Gasteiger partial charge in [-0.15, -0.1) is 0 Å². The highest BCUT2D eigenvalue weighted by molar-refractivity contribution is 5.68. The first-order chi connectivity index (χ1) is 11.1. The summed E-state index contributed by atoms with van der Waals surface area (Å²) in [5.74, 6) is -1.03. The van der Waals surface area contributed by atoms with E-state index in [4.69, 9.17) is 5.11 Å². The zero-order chi connectivity index (χ0) is 16.4. The number of imidazole rings is 1. The molecule has 0 aliphatic rings. The summed E-state index contributed by atoms with van der Waals surface area (Å²) < 4.78 is 1.93. The predicted molar refractivity (Wildman–Crippen MR) is 87.4 cm³/mol. The van der Waals surface area contributed by atoms with E-state index in [-0.39, 0.29) is 6.42 Å². The van der Waals surface area contributed by atoms with Crippen molar-refractivity contribution in [2.75, 3.05) is 12.4 Å². The van der Waals surface area contributed by atoms with Gasteiger partial charge in [0.1, 0.15) is 5.65 Å². The van der Waals surface area contributed by atoms with E-state index in [2.05, 4.69) is 10.3 Å². The number of fused-ring (bicyclic) bond motifs is 1. The van der Waals surface area contributed by atoms with Crippen molar-refractivity contribution in [2.24, 2.45) is 0 Å². The molecular weight excluding hydrogens is 294 g/mol. The zero-order valence-corrected chi connectivity index (χ0v) is 12.6. The van der Waals surface area contributed by atoms with Crippen LogP contribution >= 0.6 is 0 Å². The fraction of sp³-hybridized carbons (Fsp3) is 0.176. The Morgan fingerprint density at radius 2 is 2.04 bits per heavy atom. The summed E-state index contributed by atoms with van der Waals surface area (Å²) >= 11 is 0. The van der Waals surface area contributed by atoms with E-state index < -0.39 is 12.1 Å². The van der Waals surface area contributed by atoms with E-state index in [0.717, 1.165) is 22.6 Å². The molecule has 0 bridgehead atoms. The Labute approximate surface area is 133 Å². The Morgan fingerprint density at radius 1 is 1.30 bits per heavy atom. The number of carboxylic acids is 1. The van der Waals surface area contributed by atoms with Crippen molar-refractivity contribution in [1.29, 1.82) is 0 Å². The minimum atomic E-state index is -1.03. The summed E-state index contributed by atoms with van der Waals surface area (Å²) in [5, 5.41) is 21.6. The van der Waals surface area contributed by atoms with Crippen molar-refractivity contribution in [3.63, 3.8) is 0 Å². The Hall–Kier alpha value is -2.86. The molecule has 1 aromatic carbocycles. The first-order valence-corrected chi connectivity index (χ1v) is 7.23. The van der Waals surface area contributed by atoms with Crippen LogP contribution in [0.3, 0.4) is 0 Å². The highest BCUT2D eigenvalue weighted by Gasteiger charge is 2.12. The first-order valence-electron chi connectivity index (χ1n) is 7.23. The number of pyridine rings is 1. The Balaban J connectivity index is 1.88. The molecule has 0 fully saturated rings. The number of rotatable bonds is 5. The molecule has 3 N–H and O–H groups in total. The van der Waals surface area contributed by atoms with Crippen LogP contribution in [0.1, 0.15) is 18.1 Å². The average molecular weight is 311 g/mol. The minimum absolute atomic E-state index is 0.305. The van der Waals surface area contributed by atoms with Crippen molar-refractivity contribution in [3.8, 4) is 11.3 Å². The lowest BCUT2D eigenvalue weighted by Gasteiger charge is -2.08. The lowest BCUT2D eigenvalue weighted by Crippen LogP contribution is -2.05. The van der Waals surface area contributed by atoms with Gasteiger partial charge in [-0.25, -0.2) is 4.98 Å². The van der Waals surface area contributed by atoms with Crippen LogP contribution in [0.5, 0.6) is 0 Å². The second-order valence-corrected chi connectivity index (χ2v) is 5.29. The van der Waals surface area contributed by atoms with Gasteiger partial charge in [0.25, 0.3) is 0 Å². The summed E-state index contributed by atoms with van der Waals surface area (Å²) in [6, 6.07) is 11.0. The van der Waals surface area contributed by atoms with Crippen LogP contribution in [0.15, 0.2) is 48.8 Å². The van der Waals surface area contributed by atoms with Crippen molar-refractivity contribution < 1.29 is 15.0 Å². The molecule has 0 aliphatic heterocycles. The SMILES string of the molecule is CNc1ccn2cc(-c3ccc(C(O)CC(=O)O)cc3)nc2c1. The molecule has 0 spiro atoms. The van der Waals surface area contributed by atoms with E-state index in [0.29, 0.717) is 5.56 Å². The van der Waals surface area contributed by atoms with Gasteiger partial charge in [-0.2, -0.15) is 0 Å². The van der Waals surface area contributed by atoms with Crippen LogP contribution in [0, 0.1) is 0 Å². The molecule has 6 nitrogen and oxygen atoms in total. The highest BCUT2D eigenvalue weighted by atomic mass is 16.4. The third-order valence-electron chi connectivity index (χ3n) is 3.71. The number of aliphatic carboxylic acids is 1. The van der Waals surface area contributed by atoms with Gasteiger partial charge in [-0.3, -0.25) is 4.79 Å². The van der Waals surface area contributed by atoms with Gasteiger partial charge in [-0.05, 0) is 11.6 Å². The molecule has 0 saturated heterocycles. The zero-order valence-electron chi connectivity index (χ0n) is 12.6. The molecule has 1 unspecified atom stereocenters. The van der Waals surface area contributed by atoms with Crippen LogP contribution in [0.2, 0.25) is 0 Å². The summed E-state index contributed by atoms with van der Waals surface area (Å²) in [4.78, 5) is 15.2. The van der Waals surface area contributed by atoms with Gasteiger partial charge < -0.3 is 19.9 Å². The molecule has 3 aromatic rings. The molecule has 6 heteroatoms. The molecule has 3 rings (SSSR count). The molecular formula is C17H17N3O3. The van der Waals surface area contributed by atoms with Crippen LogP contribution in [-0.2, 0) is 4.79 Å². The monoisotopic (exact) mass is 311 g/mol. The maximum atomic E-state index is 10.6. The number of anilines is 1. The van der Waals surface area contributed by atoms with E-state index in [1.54, 1.807) is 12.1 Å². The van der Waals surface area contributed by atoms with Gasteiger partial charge in [0, 0.05) is 36.8 Å². The van der Waals surface area contributed by atoms with Gasteiger partial charge in [0.15, 0.2) is 0 Å². The topological polar surface area (TPSA) is 86.9 Å². The first kappa shape index (κ1) is 15.1. The fourth-order valence-corrected chi connectivity index (χ4v) is 2.44. The molecule has 0 saturated carbocycles. The normalized spacial score (nSPS) is 12.3. The number of aromatic nitrogens is 2. The number of nitrogens with one attached hydrogen (secondary N) is 1. The second kappa shape index (κ2) is 6.10. The lowest BCUT2D eigenvalue weighted by molar-refractivity contribution is -0.139.